The molecular formula is C31H35F2N7O. The van der Waals surface area contributed by atoms with Crippen molar-refractivity contribution in [3.63, 3.8) is 0 Å². The Morgan fingerprint density at radius 2 is 2.02 bits per heavy atom. The molecule has 3 atom stereocenters. The van der Waals surface area contributed by atoms with E-state index in [1.807, 2.05) is 18.2 Å². The molecule has 1 saturated carbocycles. The van der Waals surface area contributed by atoms with Gasteiger partial charge in [0.25, 0.3) is 0 Å². The third-order valence-electron chi connectivity index (χ3n) is 9.53. The summed E-state index contributed by atoms with van der Waals surface area (Å²) in [6.07, 6.45) is 6.85. The Kier molecular flexibility index (Phi) is 6.95. The second-order valence-electron chi connectivity index (χ2n) is 12.1. The van der Waals surface area contributed by atoms with Crippen molar-refractivity contribution in [3.05, 3.63) is 41.8 Å². The van der Waals surface area contributed by atoms with E-state index in [2.05, 4.69) is 37.2 Å². The van der Waals surface area contributed by atoms with Crippen LogP contribution in [0.2, 0.25) is 0 Å². The number of hydrogen-bond donors (Lipinski definition) is 1. The van der Waals surface area contributed by atoms with Crippen molar-refractivity contribution in [2.75, 3.05) is 44.2 Å². The number of halogens is 2. The van der Waals surface area contributed by atoms with Gasteiger partial charge in [0.2, 0.25) is 0 Å². The summed E-state index contributed by atoms with van der Waals surface area (Å²) < 4.78 is 37.1. The van der Waals surface area contributed by atoms with Gasteiger partial charge in [-0.25, -0.2) is 8.78 Å². The van der Waals surface area contributed by atoms with E-state index in [4.69, 9.17) is 9.72 Å². The highest BCUT2D eigenvalue weighted by Gasteiger charge is 2.49. The zero-order valence-electron chi connectivity index (χ0n) is 23.2. The van der Waals surface area contributed by atoms with Crippen LogP contribution in [0.3, 0.4) is 0 Å². The molecule has 2 aromatic heterocycles. The van der Waals surface area contributed by atoms with E-state index < -0.39 is 12.0 Å². The number of hydrogen-bond acceptors (Lipinski definition) is 8. The van der Waals surface area contributed by atoms with Crippen molar-refractivity contribution >= 4 is 16.7 Å². The lowest BCUT2D eigenvalue weighted by molar-refractivity contribution is 0.107. The first kappa shape index (κ1) is 26.5. The second kappa shape index (κ2) is 10.8. The smallest absolute Gasteiger partial charge is 0.319 e. The van der Waals surface area contributed by atoms with Crippen LogP contribution in [0.5, 0.6) is 6.01 Å². The Hall–Kier alpha value is -3.42. The standard InChI is InChI=1S/C31H35F2N7O/c32-21-15-31(10-4-13-40(31)17-21)19-41-30-37-28-25(29(38-30)39-14-12-35-22(18-39)9-11-34)16-36-27(26(28)33)24-8-2-1-7-23(24)20-5-3-6-20/h1-2,7-8,16,20-22,35H,3-6,9-10,12-15,17-19H2/t21-,22?,31+/m1/s1. The molecular weight excluding hydrogens is 524 g/mol. The van der Waals surface area contributed by atoms with Gasteiger partial charge >= 0.3 is 6.01 Å². The number of benzene rings is 1. The minimum Gasteiger partial charge on any atom is -0.461 e. The number of fused-ring (bicyclic) bond motifs is 2. The Labute approximate surface area is 238 Å². The van der Waals surface area contributed by atoms with Crippen molar-refractivity contribution < 1.29 is 13.5 Å². The fraction of sp³-hybridized carbons (Fsp3) is 0.548. The summed E-state index contributed by atoms with van der Waals surface area (Å²) >= 11 is 0. The van der Waals surface area contributed by atoms with Gasteiger partial charge in [-0.3, -0.25) is 9.88 Å². The fourth-order valence-corrected chi connectivity index (χ4v) is 7.22. The van der Waals surface area contributed by atoms with Crippen LogP contribution in [0.15, 0.2) is 30.5 Å². The Bertz CT molecular complexity index is 1490. The molecule has 8 nitrogen and oxygen atoms in total. The van der Waals surface area contributed by atoms with Crippen molar-refractivity contribution in [3.8, 4) is 23.3 Å². The molecule has 0 amide bonds. The number of ether oxygens (including phenoxy) is 1. The number of alkyl halides is 1. The average molecular weight is 560 g/mol. The van der Waals surface area contributed by atoms with Crippen LogP contribution in [0.4, 0.5) is 14.6 Å². The van der Waals surface area contributed by atoms with E-state index in [0.717, 1.165) is 43.4 Å². The minimum absolute atomic E-state index is 0.0273. The average Bonchev–Trinajstić information content (AvgIpc) is 3.47. The maximum absolute atomic E-state index is 16.5. The van der Waals surface area contributed by atoms with Gasteiger partial charge in [-0.1, -0.05) is 30.7 Å². The van der Waals surface area contributed by atoms with Crippen LogP contribution >= 0.6 is 0 Å². The molecule has 214 valence electrons. The molecule has 3 saturated heterocycles. The first-order valence-corrected chi connectivity index (χ1v) is 14.9. The van der Waals surface area contributed by atoms with Gasteiger partial charge in [0.05, 0.1) is 23.4 Å². The van der Waals surface area contributed by atoms with Crippen LogP contribution < -0.4 is 15.0 Å². The van der Waals surface area contributed by atoms with Gasteiger partial charge in [0.15, 0.2) is 5.82 Å². The second-order valence-corrected chi connectivity index (χ2v) is 12.1. The molecule has 4 fully saturated rings. The normalized spacial score (nSPS) is 26.6. The first-order chi connectivity index (χ1) is 20.0. The molecule has 0 radical (unpaired) electrons. The molecule has 4 aliphatic rings. The van der Waals surface area contributed by atoms with Crippen molar-refractivity contribution in [2.45, 2.75) is 68.6 Å². The summed E-state index contributed by atoms with van der Waals surface area (Å²) in [6, 6.07) is 10.2. The van der Waals surface area contributed by atoms with Gasteiger partial charge in [-0.05, 0) is 43.7 Å². The number of nitrogens with zero attached hydrogens (tertiary/aromatic N) is 6. The highest BCUT2D eigenvalue weighted by molar-refractivity contribution is 5.92. The topological polar surface area (TPSA) is 90.2 Å². The first-order valence-electron chi connectivity index (χ1n) is 14.9. The number of anilines is 1. The van der Waals surface area contributed by atoms with Gasteiger partial charge in [-0.15, -0.1) is 0 Å². The Balaban J connectivity index is 1.30. The number of nitrogens with one attached hydrogen (secondary N) is 1. The molecule has 7 rings (SSSR count). The summed E-state index contributed by atoms with van der Waals surface area (Å²) in [4.78, 5) is 18.3. The maximum atomic E-state index is 16.5. The summed E-state index contributed by atoms with van der Waals surface area (Å²) in [5.41, 5.74) is 2.02. The number of nitriles is 1. The number of pyridine rings is 1. The highest BCUT2D eigenvalue weighted by Crippen LogP contribution is 2.43. The van der Waals surface area contributed by atoms with Crippen LogP contribution in [-0.2, 0) is 0 Å². The molecule has 3 aromatic rings. The number of piperazine rings is 1. The van der Waals surface area contributed by atoms with Gasteiger partial charge < -0.3 is 15.0 Å². The van der Waals surface area contributed by atoms with Crippen molar-refractivity contribution in [2.24, 2.45) is 0 Å². The Morgan fingerprint density at radius 1 is 1.15 bits per heavy atom. The van der Waals surface area contributed by atoms with Crippen molar-refractivity contribution in [1.29, 1.82) is 5.26 Å². The van der Waals surface area contributed by atoms with Crippen LogP contribution in [0.1, 0.15) is 56.4 Å². The molecule has 0 spiro atoms. The summed E-state index contributed by atoms with van der Waals surface area (Å²) in [5.74, 6) is 0.479. The molecule has 5 heterocycles. The van der Waals surface area contributed by atoms with Crippen LogP contribution in [0.25, 0.3) is 22.2 Å². The summed E-state index contributed by atoms with van der Waals surface area (Å²) in [6.45, 7) is 3.42. The van der Waals surface area contributed by atoms with Crippen LogP contribution in [-0.4, -0.2) is 76.9 Å². The van der Waals surface area contributed by atoms with Gasteiger partial charge in [0.1, 0.15) is 29.8 Å². The highest BCUT2D eigenvalue weighted by atomic mass is 19.1. The van der Waals surface area contributed by atoms with Gasteiger partial charge in [-0.2, -0.15) is 15.2 Å². The van der Waals surface area contributed by atoms with E-state index in [-0.39, 0.29) is 35.4 Å². The SMILES string of the molecule is N#CCC1CN(c2nc(OC[C@@]34CCCN3C[C@H](F)C4)nc3c(F)c(-c4ccccc4C4CCC4)ncc23)CCN1. The predicted molar refractivity (Wildman–Crippen MR) is 152 cm³/mol. The van der Waals surface area contributed by atoms with E-state index in [0.29, 0.717) is 56.1 Å². The number of rotatable bonds is 7. The van der Waals surface area contributed by atoms with E-state index >= 15 is 4.39 Å². The molecule has 1 aromatic carbocycles. The predicted octanol–water partition coefficient (Wildman–Crippen LogP) is 4.75. The lowest BCUT2D eigenvalue weighted by Crippen LogP contribution is -2.51. The zero-order valence-corrected chi connectivity index (χ0v) is 23.2. The summed E-state index contributed by atoms with van der Waals surface area (Å²) in [5, 5.41) is 13.2. The molecule has 0 bridgehead atoms. The minimum atomic E-state index is -0.869. The lowest BCUT2D eigenvalue weighted by atomic mass is 9.77. The third kappa shape index (κ3) is 4.79. The van der Waals surface area contributed by atoms with Crippen LogP contribution in [0, 0.1) is 17.1 Å². The number of aromatic nitrogens is 3. The zero-order chi connectivity index (χ0) is 28.0. The maximum Gasteiger partial charge on any atom is 0.319 e. The molecule has 3 aliphatic heterocycles. The molecule has 41 heavy (non-hydrogen) atoms. The third-order valence-corrected chi connectivity index (χ3v) is 9.53. The van der Waals surface area contributed by atoms with E-state index in [1.54, 1.807) is 6.20 Å². The Morgan fingerprint density at radius 3 is 2.85 bits per heavy atom. The van der Waals surface area contributed by atoms with E-state index in [1.165, 1.54) is 6.42 Å². The summed E-state index contributed by atoms with van der Waals surface area (Å²) in [7, 11) is 0. The quantitative estimate of drug-likeness (QED) is 0.444. The molecule has 10 heteroatoms. The molecule has 1 aliphatic carbocycles. The van der Waals surface area contributed by atoms with E-state index in [9.17, 15) is 9.65 Å². The monoisotopic (exact) mass is 559 g/mol. The van der Waals surface area contributed by atoms with Crippen molar-refractivity contribution in [1.82, 2.24) is 25.2 Å². The molecule has 1 N–H and O–H groups in total. The lowest BCUT2D eigenvalue weighted by Gasteiger charge is -2.34. The fourth-order valence-electron chi connectivity index (χ4n) is 7.22. The molecule has 1 unspecified atom stereocenters. The van der Waals surface area contributed by atoms with Gasteiger partial charge in [0, 0.05) is 50.4 Å². The largest absolute Gasteiger partial charge is 0.461 e.